The van der Waals surface area contributed by atoms with Gasteiger partial charge in [-0.2, -0.15) is 0 Å². The van der Waals surface area contributed by atoms with Gasteiger partial charge in [0.1, 0.15) is 12.2 Å². The zero-order valence-corrected chi connectivity index (χ0v) is 14.3. The van der Waals surface area contributed by atoms with E-state index >= 15 is 0 Å². The minimum Gasteiger partial charge on any atom is -0.323 e. The van der Waals surface area contributed by atoms with E-state index in [-0.39, 0.29) is 23.3 Å². The molecule has 1 amide bonds. The smallest absolute Gasteiger partial charge is 0.292 e. The molecule has 8 heteroatoms. The van der Waals surface area contributed by atoms with Crippen LogP contribution in [0.4, 0.5) is 11.4 Å². The molecule has 2 aromatic rings. The number of rotatable bonds is 6. The summed E-state index contributed by atoms with van der Waals surface area (Å²) in [7, 11) is 1.90. The maximum Gasteiger partial charge on any atom is 0.292 e. The number of nitrogens with one attached hydrogen (secondary N) is 2. The van der Waals surface area contributed by atoms with Gasteiger partial charge in [-0.25, -0.2) is 0 Å². The lowest BCUT2D eigenvalue weighted by molar-refractivity contribution is -0.907. The van der Waals surface area contributed by atoms with Crippen LogP contribution in [0.5, 0.6) is 0 Å². The molecule has 0 saturated carbocycles. The van der Waals surface area contributed by atoms with E-state index in [4.69, 9.17) is 11.6 Å². The number of anilines is 1. The van der Waals surface area contributed by atoms with Crippen LogP contribution in [0.25, 0.3) is 0 Å². The lowest BCUT2D eigenvalue weighted by Gasteiger charge is -2.20. The van der Waals surface area contributed by atoms with Gasteiger partial charge in [0.2, 0.25) is 0 Å². The number of quaternary nitrogens is 1. The highest BCUT2D eigenvalue weighted by Crippen LogP contribution is 2.23. The number of nitro groups is 1. The summed E-state index contributed by atoms with van der Waals surface area (Å²) < 4.78 is 0.713. The predicted octanol–water partition coefficient (Wildman–Crippen LogP) is 2.35. The third-order valence-corrected chi connectivity index (χ3v) is 4.80. The summed E-state index contributed by atoms with van der Waals surface area (Å²) in [6, 6.07) is 9.50. The first-order valence-electron chi connectivity index (χ1n) is 6.99. The van der Waals surface area contributed by atoms with Crippen LogP contribution in [-0.4, -0.2) is 23.9 Å². The summed E-state index contributed by atoms with van der Waals surface area (Å²) in [6.45, 7) is 2.44. The number of thiophene rings is 1. The summed E-state index contributed by atoms with van der Waals surface area (Å²) in [5, 5.41) is 13.6. The molecule has 0 radical (unpaired) electrons. The second-order valence-corrected chi connectivity index (χ2v) is 7.01. The van der Waals surface area contributed by atoms with Crippen LogP contribution in [0.2, 0.25) is 4.34 Å². The number of benzene rings is 1. The van der Waals surface area contributed by atoms with Gasteiger partial charge in [0.05, 0.1) is 21.2 Å². The van der Waals surface area contributed by atoms with Crippen LogP contribution >= 0.6 is 22.9 Å². The van der Waals surface area contributed by atoms with Crippen LogP contribution in [0.15, 0.2) is 36.4 Å². The molecule has 0 bridgehead atoms. The van der Waals surface area contributed by atoms with Gasteiger partial charge in [0, 0.05) is 6.07 Å². The Bertz CT molecular complexity index is 719. The first-order valence-corrected chi connectivity index (χ1v) is 8.18. The Morgan fingerprint density at radius 1 is 1.39 bits per heavy atom. The molecule has 0 aliphatic carbocycles. The van der Waals surface area contributed by atoms with Gasteiger partial charge in [0.25, 0.3) is 11.6 Å². The number of halogens is 1. The van der Waals surface area contributed by atoms with Crippen LogP contribution in [0.3, 0.4) is 0 Å². The lowest BCUT2D eigenvalue weighted by atomic mass is 10.2. The van der Waals surface area contributed by atoms with Gasteiger partial charge in [-0.3, -0.25) is 14.9 Å². The highest BCUT2D eigenvalue weighted by atomic mass is 35.5. The van der Waals surface area contributed by atoms with Crippen molar-refractivity contribution in [3.05, 3.63) is 55.7 Å². The summed E-state index contributed by atoms with van der Waals surface area (Å²) >= 11 is 7.39. The third kappa shape index (κ3) is 4.51. The van der Waals surface area contributed by atoms with Crippen molar-refractivity contribution in [2.45, 2.75) is 19.5 Å². The molecule has 0 aliphatic heterocycles. The second kappa shape index (κ2) is 7.54. The Kier molecular flexibility index (Phi) is 5.70. The highest BCUT2D eigenvalue weighted by molar-refractivity contribution is 7.16. The average Bonchev–Trinajstić information content (AvgIpc) is 2.91. The highest BCUT2D eigenvalue weighted by Gasteiger charge is 2.24. The van der Waals surface area contributed by atoms with E-state index in [9.17, 15) is 14.9 Å². The number of carbonyl (C=O) groups is 1. The second-order valence-electron chi connectivity index (χ2n) is 5.21. The maximum absolute atomic E-state index is 12.3. The minimum absolute atomic E-state index is 0.115. The topological polar surface area (TPSA) is 76.7 Å². The molecule has 0 fully saturated rings. The molecule has 0 aliphatic rings. The zero-order valence-electron chi connectivity index (χ0n) is 12.7. The number of amides is 1. The molecule has 0 spiro atoms. The Balaban J connectivity index is 2.03. The number of carbonyl (C=O) groups excluding carboxylic acids is 1. The van der Waals surface area contributed by atoms with E-state index < -0.39 is 4.92 Å². The molecule has 2 N–H and O–H groups in total. The van der Waals surface area contributed by atoms with E-state index in [1.807, 2.05) is 19.2 Å². The number of hydrogen-bond acceptors (Lipinski definition) is 4. The Morgan fingerprint density at radius 2 is 2.09 bits per heavy atom. The van der Waals surface area contributed by atoms with Crippen molar-refractivity contribution < 1.29 is 14.6 Å². The van der Waals surface area contributed by atoms with Gasteiger partial charge in [-0.15, -0.1) is 11.3 Å². The fourth-order valence-corrected chi connectivity index (χ4v) is 3.26. The predicted molar refractivity (Wildman–Crippen MR) is 91.1 cm³/mol. The Morgan fingerprint density at radius 3 is 2.70 bits per heavy atom. The number of hydrogen-bond donors (Lipinski definition) is 2. The summed E-state index contributed by atoms with van der Waals surface area (Å²) in [5.74, 6) is -0.264. The summed E-state index contributed by atoms with van der Waals surface area (Å²) in [4.78, 5) is 24.9. The normalized spacial score (nSPS) is 13.3. The van der Waals surface area contributed by atoms with Gasteiger partial charge in [0.15, 0.2) is 6.04 Å². The van der Waals surface area contributed by atoms with E-state index in [1.165, 1.54) is 23.5 Å². The first-order chi connectivity index (χ1) is 10.9. The molecule has 6 nitrogen and oxygen atoms in total. The molecule has 1 unspecified atom stereocenters. The number of nitrogens with zero attached hydrogens (tertiary/aromatic N) is 1. The molecule has 2 rings (SSSR count). The van der Waals surface area contributed by atoms with Gasteiger partial charge in [-0.05, 0) is 25.1 Å². The van der Waals surface area contributed by atoms with Gasteiger partial charge >= 0.3 is 0 Å². The monoisotopic (exact) mass is 354 g/mol. The van der Waals surface area contributed by atoms with Crippen molar-refractivity contribution in [3.8, 4) is 0 Å². The molecule has 1 aromatic heterocycles. The summed E-state index contributed by atoms with van der Waals surface area (Å²) in [5.41, 5.74) is 0.0945. The van der Waals surface area contributed by atoms with Crippen molar-refractivity contribution >= 4 is 40.2 Å². The van der Waals surface area contributed by atoms with E-state index in [0.29, 0.717) is 10.9 Å². The Hall–Kier alpha value is -1.96. The average molecular weight is 355 g/mol. The van der Waals surface area contributed by atoms with E-state index in [0.717, 1.165) is 9.78 Å². The fraction of sp³-hybridized carbons (Fsp3) is 0.267. The molecular weight excluding hydrogens is 338 g/mol. The van der Waals surface area contributed by atoms with Crippen molar-refractivity contribution in [2.75, 3.05) is 12.4 Å². The fourth-order valence-electron chi connectivity index (χ4n) is 2.08. The lowest BCUT2D eigenvalue weighted by Crippen LogP contribution is -3.12. The van der Waals surface area contributed by atoms with Crippen LogP contribution < -0.4 is 10.2 Å². The van der Waals surface area contributed by atoms with Crippen LogP contribution in [0, 0.1) is 10.1 Å². The molecule has 122 valence electrons. The number of nitro benzene ring substituents is 1. The summed E-state index contributed by atoms with van der Waals surface area (Å²) in [6.07, 6.45) is 0. The van der Waals surface area contributed by atoms with Crippen LogP contribution in [0.1, 0.15) is 11.8 Å². The number of para-hydroxylation sites is 2. The van der Waals surface area contributed by atoms with Crippen molar-refractivity contribution in [1.29, 1.82) is 0 Å². The largest absolute Gasteiger partial charge is 0.323 e. The maximum atomic E-state index is 12.3. The van der Waals surface area contributed by atoms with E-state index in [2.05, 4.69) is 5.32 Å². The third-order valence-electron chi connectivity index (χ3n) is 3.57. The quantitative estimate of drug-likeness (QED) is 0.617. The van der Waals surface area contributed by atoms with Crippen molar-refractivity contribution in [3.63, 3.8) is 0 Å². The van der Waals surface area contributed by atoms with Crippen molar-refractivity contribution in [2.24, 2.45) is 0 Å². The molecular formula is C15H17ClN3O3S+. The van der Waals surface area contributed by atoms with Gasteiger partial charge in [-0.1, -0.05) is 23.7 Å². The standard InChI is InChI=1S/C15H16ClN3O3S/c1-10(18(2)9-11-7-8-14(16)23-11)15(20)17-12-5-3-4-6-13(12)19(21)22/h3-8,10H,9H2,1-2H3,(H,17,20)/p+1/t10-/m0/s1. The van der Waals surface area contributed by atoms with Crippen molar-refractivity contribution in [1.82, 2.24) is 0 Å². The molecule has 0 saturated heterocycles. The Labute approximate surface area is 142 Å². The SMILES string of the molecule is C[C@@H](C(=O)Nc1ccccc1[N+](=O)[O-])[NH+](C)Cc1ccc(Cl)s1. The molecule has 1 heterocycles. The number of likely N-dealkylation sites (N-methyl/N-ethyl adjacent to an activating group) is 1. The minimum atomic E-state index is -0.509. The van der Waals surface area contributed by atoms with Gasteiger partial charge < -0.3 is 10.2 Å². The van der Waals surface area contributed by atoms with Crippen LogP contribution in [-0.2, 0) is 11.3 Å². The zero-order chi connectivity index (χ0) is 17.0. The molecule has 2 atom stereocenters. The molecule has 1 aromatic carbocycles. The van der Waals surface area contributed by atoms with E-state index in [1.54, 1.807) is 19.1 Å². The molecule has 23 heavy (non-hydrogen) atoms. The first kappa shape index (κ1) is 17.4.